The fourth-order valence-corrected chi connectivity index (χ4v) is 5.65. The summed E-state index contributed by atoms with van der Waals surface area (Å²) in [5.74, 6) is 3.02. The Morgan fingerprint density at radius 1 is 0.692 bits per heavy atom. The number of rotatable bonds is 7. The minimum absolute atomic E-state index is 0.214. The maximum absolute atomic E-state index is 6.08. The van der Waals surface area contributed by atoms with Crippen molar-refractivity contribution in [2.24, 2.45) is 0 Å². The summed E-state index contributed by atoms with van der Waals surface area (Å²) >= 11 is 6.08. The van der Waals surface area contributed by atoms with Crippen LogP contribution in [0.15, 0.2) is 67.4 Å². The Kier molecular flexibility index (Phi) is 10.5. The zero-order chi connectivity index (χ0) is 35.9. The lowest BCUT2D eigenvalue weighted by Crippen LogP contribution is -2.37. The molecule has 52 heavy (non-hydrogen) atoms. The van der Waals surface area contributed by atoms with Crippen LogP contribution in [0.5, 0.6) is 5.75 Å². The minimum atomic E-state index is 0.214. The number of morpholine rings is 2. The van der Waals surface area contributed by atoms with Gasteiger partial charge >= 0.3 is 0 Å². The van der Waals surface area contributed by atoms with Crippen LogP contribution in [0.3, 0.4) is 0 Å². The number of nitrogens with zero attached hydrogens (tertiary/aromatic N) is 11. The van der Waals surface area contributed by atoms with Crippen molar-refractivity contribution in [3.8, 4) is 28.3 Å². The van der Waals surface area contributed by atoms with Crippen LogP contribution >= 0.6 is 11.6 Å². The third-order valence-electron chi connectivity index (χ3n) is 8.10. The number of benzene rings is 1. The second kappa shape index (κ2) is 15.9. The highest BCUT2D eigenvalue weighted by molar-refractivity contribution is 6.29. The second-order valence-corrected chi connectivity index (χ2v) is 11.9. The van der Waals surface area contributed by atoms with E-state index >= 15 is 0 Å². The number of halogens is 1. The molecule has 2 saturated heterocycles. The van der Waals surface area contributed by atoms with E-state index in [1.807, 2.05) is 35.2 Å². The lowest BCUT2D eigenvalue weighted by Gasteiger charge is -2.27. The first kappa shape index (κ1) is 34.4. The van der Waals surface area contributed by atoms with Gasteiger partial charge in [-0.25, -0.2) is 34.9 Å². The molecule has 0 atom stereocenters. The molecule has 0 unspecified atom stereocenters. The standard InChI is InChI=1S/C22H22N8O2.C12H13ClN6O/c1-31-19-4-2-3-17-16(19)9-15(13-24-17)27-20-10-18(14-11-25-21(23)26-12-14)28-22(29-20)30-5-7-32-8-6-30;13-10-5-9(8-6-15-11(14)16-7-8)17-12(18-10)19-1-3-20-4-2-19/h2-4,9-13H,5-8H2,1H3,(H2,23,25,26)(H,27,28,29);5-7H,1-4H2,(H2,14,15,16). The van der Waals surface area contributed by atoms with Gasteiger partial charge < -0.3 is 40.8 Å². The van der Waals surface area contributed by atoms with E-state index in [0.717, 1.165) is 59.6 Å². The van der Waals surface area contributed by atoms with Crippen molar-refractivity contribution in [3.05, 3.63) is 72.5 Å². The first-order valence-corrected chi connectivity index (χ1v) is 16.7. The summed E-state index contributed by atoms with van der Waals surface area (Å²) in [5, 5.41) is 4.65. The minimum Gasteiger partial charge on any atom is -0.496 e. The van der Waals surface area contributed by atoms with Gasteiger partial charge in [-0.3, -0.25) is 4.98 Å². The van der Waals surface area contributed by atoms with Gasteiger partial charge in [0.15, 0.2) is 0 Å². The number of nitrogens with two attached hydrogens (primary N) is 2. The Morgan fingerprint density at radius 3 is 1.83 bits per heavy atom. The van der Waals surface area contributed by atoms with Gasteiger partial charge in [-0.1, -0.05) is 17.7 Å². The van der Waals surface area contributed by atoms with E-state index in [-0.39, 0.29) is 11.9 Å². The number of anilines is 6. The SMILES string of the molecule is COc1cccc2ncc(Nc3cc(-c4cnc(N)nc4)nc(N4CCOCC4)n3)cc12.Nc1ncc(-c2cc(Cl)nc(N3CCOCC3)n2)cn1. The molecule has 0 spiro atoms. The lowest BCUT2D eigenvalue weighted by molar-refractivity contribution is 0.122. The van der Waals surface area contributed by atoms with Crippen LogP contribution in [-0.4, -0.2) is 105 Å². The van der Waals surface area contributed by atoms with Crippen molar-refractivity contribution in [2.75, 3.05) is 86.3 Å². The number of pyridine rings is 1. The fraction of sp³-hybridized carbons (Fsp3) is 0.265. The summed E-state index contributed by atoms with van der Waals surface area (Å²) in [7, 11) is 1.65. The van der Waals surface area contributed by atoms with E-state index in [9.17, 15) is 0 Å². The molecule has 0 amide bonds. The molecule has 1 aromatic carbocycles. The third kappa shape index (κ3) is 8.28. The van der Waals surface area contributed by atoms with Crippen molar-refractivity contribution < 1.29 is 14.2 Å². The molecule has 2 aliphatic heterocycles. The van der Waals surface area contributed by atoms with E-state index in [4.69, 9.17) is 47.2 Å². The maximum atomic E-state index is 6.08. The molecule has 17 nitrogen and oxygen atoms in total. The van der Waals surface area contributed by atoms with Crippen molar-refractivity contribution in [3.63, 3.8) is 0 Å². The number of aromatic nitrogens is 9. The van der Waals surface area contributed by atoms with Gasteiger partial charge in [-0.2, -0.15) is 4.98 Å². The van der Waals surface area contributed by atoms with Crippen molar-refractivity contribution >= 4 is 57.8 Å². The van der Waals surface area contributed by atoms with Crippen LogP contribution in [0.4, 0.5) is 35.3 Å². The molecule has 6 aromatic rings. The summed E-state index contributed by atoms with van der Waals surface area (Å²) in [6.07, 6.45) is 8.30. The van der Waals surface area contributed by atoms with Crippen LogP contribution in [0.1, 0.15) is 0 Å². The van der Waals surface area contributed by atoms with Gasteiger partial charge in [0, 0.05) is 79.6 Å². The molecule has 266 valence electrons. The van der Waals surface area contributed by atoms with Gasteiger partial charge in [0.25, 0.3) is 0 Å². The lowest BCUT2D eigenvalue weighted by atomic mass is 10.2. The third-order valence-corrected chi connectivity index (χ3v) is 8.29. The van der Waals surface area contributed by atoms with Gasteiger partial charge in [0.2, 0.25) is 23.8 Å². The monoisotopic (exact) mass is 722 g/mol. The number of ether oxygens (including phenoxy) is 3. The Hall–Kier alpha value is -6.04. The summed E-state index contributed by atoms with van der Waals surface area (Å²) in [4.78, 5) is 43.0. The number of fused-ring (bicyclic) bond motifs is 1. The molecule has 5 N–H and O–H groups in total. The first-order valence-electron chi connectivity index (χ1n) is 16.4. The highest BCUT2D eigenvalue weighted by Crippen LogP contribution is 2.29. The number of hydrogen-bond acceptors (Lipinski definition) is 17. The Balaban J connectivity index is 0.000000180. The zero-order valence-corrected chi connectivity index (χ0v) is 28.9. The summed E-state index contributed by atoms with van der Waals surface area (Å²) < 4.78 is 16.3. The Bertz CT molecular complexity index is 2130. The van der Waals surface area contributed by atoms with Crippen LogP contribution in [0, 0.1) is 0 Å². The normalized spacial score (nSPS) is 14.4. The number of methoxy groups -OCH3 is 1. The van der Waals surface area contributed by atoms with E-state index in [1.54, 1.807) is 44.2 Å². The maximum Gasteiger partial charge on any atom is 0.228 e. The Labute approximate surface area is 303 Å². The molecule has 0 aliphatic carbocycles. The van der Waals surface area contributed by atoms with Crippen LogP contribution in [0.2, 0.25) is 5.15 Å². The number of nitrogen functional groups attached to an aromatic ring is 2. The van der Waals surface area contributed by atoms with Crippen molar-refractivity contribution in [2.45, 2.75) is 0 Å². The number of nitrogens with one attached hydrogen (secondary N) is 1. The molecule has 5 aromatic heterocycles. The van der Waals surface area contributed by atoms with Crippen LogP contribution in [-0.2, 0) is 9.47 Å². The van der Waals surface area contributed by atoms with E-state index in [2.05, 4.69) is 45.1 Å². The highest BCUT2D eigenvalue weighted by Gasteiger charge is 2.18. The quantitative estimate of drug-likeness (QED) is 0.200. The molecule has 2 aliphatic rings. The smallest absolute Gasteiger partial charge is 0.228 e. The molecule has 0 saturated carbocycles. The predicted molar refractivity (Wildman–Crippen MR) is 198 cm³/mol. The molecule has 0 bridgehead atoms. The predicted octanol–water partition coefficient (Wildman–Crippen LogP) is 3.66. The first-order chi connectivity index (χ1) is 25.4. The van der Waals surface area contributed by atoms with Crippen molar-refractivity contribution in [1.82, 2.24) is 44.9 Å². The van der Waals surface area contributed by atoms with Crippen LogP contribution in [0.25, 0.3) is 33.4 Å². The topological polar surface area (TPSA) is 214 Å². The second-order valence-electron chi connectivity index (χ2n) is 11.5. The molecule has 8 rings (SSSR count). The van der Waals surface area contributed by atoms with Gasteiger partial charge in [0.1, 0.15) is 16.7 Å². The van der Waals surface area contributed by atoms with Crippen molar-refractivity contribution in [1.29, 1.82) is 0 Å². The largest absolute Gasteiger partial charge is 0.496 e. The van der Waals surface area contributed by atoms with Gasteiger partial charge in [0.05, 0.1) is 62.3 Å². The van der Waals surface area contributed by atoms with E-state index in [0.29, 0.717) is 60.7 Å². The average molecular weight is 723 g/mol. The van der Waals surface area contributed by atoms with Gasteiger partial charge in [-0.15, -0.1) is 0 Å². The summed E-state index contributed by atoms with van der Waals surface area (Å²) in [5.41, 5.74) is 15.6. The van der Waals surface area contributed by atoms with Crippen LogP contribution < -0.4 is 31.3 Å². The molecule has 0 radical (unpaired) electrons. The number of hydrogen-bond donors (Lipinski definition) is 3. The zero-order valence-electron chi connectivity index (χ0n) is 28.2. The summed E-state index contributed by atoms with van der Waals surface area (Å²) in [6.45, 7) is 5.53. The summed E-state index contributed by atoms with van der Waals surface area (Å²) in [6, 6.07) is 11.3. The highest BCUT2D eigenvalue weighted by atomic mass is 35.5. The molecule has 7 heterocycles. The molecular formula is C34H35ClN14O3. The molecule has 18 heteroatoms. The van der Waals surface area contributed by atoms with E-state index in [1.165, 1.54) is 0 Å². The van der Waals surface area contributed by atoms with Gasteiger partial charge in [-0.05, 0) is 18.2 Å². The average Bonchev–Trinajstić information content (AvgIpc) is 3.19. The van der Waals surface area contributed by atoms with E-state index < -0.39 is 0 Å². The molecule has 2 fully saturated rings. The fourth-order valence-electron chi connectivity index (χ4n) is 5.47. The molecular weight excluding hydrogens is 688 g/mol. The Morgan fingerprint density at radius 2 is 1.25 bits per heavy atom.